The zero-order valence-electron chi connectivity index (χ0n) is 12.6. The average molecular weight is 312 g/mol. The standard InChI is InChI=1S/C16H15N3O4/c1-10-7-12(16(21)15(8-10)19(22)23)9-17-13-3-5-14(6-4-13)18-11(2)20/h3-9,21H,1-2H3,(H,18,20)/p-1. The number of nitrogens with zero attached hydrogens (tertiary/aromatic N) is 2. The molecule has 0 spiro atoms. The summed E-state index contributed by atoms with van der Waals surface area (Å²) in [5, 5.41) is 25.5. The van der Waals surface area contributed by atoms with Crippen molar-refractivity contribution >= 4 is 29.2 Å². The van der Waals surface area contributed by atoms with Crippen molar-refractivity contribution in [2.24, 2.45) is 4.99 Å². The van der Waals surface area contributed by atoms with E-state index in [0.29, 0.717) is 16.9 Å². The largest absolute Gasteiger partial charge is 0.867 e. The minimum Gasteiger partial charge on any atom is -0.867 e. The molecule has 0 aliphatic rings. The molecule has 0 aliphatic carbocycles. The summed E-state index contributed by atoms with van der Waals surface area (Å²) in [5.74, 6) is -0.844. The number of benzene rings is 2. The summed E-state index contributed by atoms with van der Waals surface area (Å²) < 4.78 is 0. The molecule has 0 aliphatic heterocycles. The number of aliphatic imine (C=N–C) groups is 1. The van der Waals surface area contributed by atoms with E-state index in [1.807, 2.05) is 0 Å². The van der Waals surface area contributed by atoms with Gasteiger partial charge in [0.2, 0.25) is 5.91 Å². The monoisotopic (exact) mass is 312 g/mol. The van der Waals surface area contributed by atoms with E-state index in [4.69, 9.17) is 0 Å². The second-order valence-corrected chi connectivity index (χ2v) is 4.95. The lowest BCUT2D eigenvalue weighted by atomic mass is 10.1. The number of hydrogen-bond donors (Lipinski definition) is 1. The Bertz CT molecular complexity index is 783. The van der Waals surface area contributed by atoms with Crippen LogP contribution in [0, 0.1) is 17.0 Å². The molecule has 118 valence electrons. The van der Waals surface area contributed by atoms with Crippen molar-refractivity contribution in [2.75, 3.05) is 5.32 Å². The lowest BCUT2D eigenvalue weighted by Crippen LogP contribution is -2.05. The van der Waals surface area contributed by atoms with Crippen LogP contribution < -0.4 is 10.4 Å². The molecule has 1 N–H and O–H groups in total. The van der Waals surface area contributed by atoms with Crippen LogP contribution in [-0.4, -0.2) is 17.0 Å². The predicted molar refractivity (Wildman–Crippen MR) is 85.3 cm³/mol. The van der Waals surface area contributed by atoms with Crippen molar-refractivity contribution in [1.29, 1.82) is 0 Å². The Kier molecular flexibility index (Phi) is 4.70. The van der Waals surface area contributed by atoms with Crippen LogP contribution in [0.4, 0.5) is 17.1 Å². The van der Waals surface area contributed by atoms with Gasteiger partial charge in [-0.2, -0.15) is 0 Å². The van der Waals surface area contributed by atoms with Crippen LogP contribution in [0.25, 0.3) is 0 Å². The minimum absolute atomic E-state index is 0.155. The minimum atomic E-state index is -0.700. The second kappa shape index (κ2) is 6.69. The number of nitrogens with one attached hydrogen (secondary N) is 1. The van der Waals surface area contributed by atoms with Gasteiger partial charge in [0.05, 0.1) is 10.6 Å². The molecule has 0 fully saturated rings. The highest BCUT2D eigenvalue weighted by atomic mass is 16.6. The summed E-state index contributed by atoms with van der Waals surface area (Å²) in [6.07, 6.45) is 1.30. The normalized spacial score (nSPS) is 10.7. The Morgan fingerprint density at radius 3 is 2.48 bits per heavy atom. The SMILES string of the molecule is CC(=O)Nc1ccc(N=Cc2cc(C)cc([N+](=O)[O-])c2[O-])cc1. The van der Waals surface area contributed by atoms with Crippen molar-refractivity contribution in [3.63, 3.8) is 0 Å². The summed E-state index contributed by atoms with van der Waals surface area (Å²) in [6, 6.07) is 9.45. The highest BCUT2D eigenvalue weighted by molar-refractivity contribution is 5.89. The Balaban J connectivity index is 2.26. The molecule has 0 saturated carbocycles. The molecular formula is C16H14N3O4-. The maximum atomic E-state index is 12.0. The van der Waals surface area contributed by atoms with Crippen molar-refractivity contribution < 1.29 is 14.8 Å². The maximum Gasteiger partial charge on any atom is 0.262 e. The first-order valence-electron chi connectivity index (χ1n) is 6.74. The third-order valence-corrected chi connectivity index (χ3v) is 2.98. The van der Waals surface area contributed by atoms with Gasteiger partial charge in [-0.1, -0.05) is 6.07 Å². The highest BCUT2D eigenvalue weighted by Crippen LogP contribution is 2.28. The van der Waals surface area contributed by atoms with E-state index in [2.05, 4.69) is 10.3 Å². The number of amides is 1. The van der Waals surface area contributed by atoms with Gasteiger partial charge in [-0.05, 0) is 48.1 Å². The fraction of sp³-hybridized carbons (Fsp3) is 0.125. The van der Waals surface area contributed by atoms with E-state index in [1.165, 1.54) is 19.2 Å². The zero-order valence-corrected chi connectivity index (χ0v) is 12.6. The fourth-order valence-corrected chi connectivity index (χ4v) is 1.99. The Hall–Kier alpha value is -3.22. The maximum absolute atomic E-state index is 12.0. The van der Waals surface area contributed by atoms with E-state index in [0.717, 1.165) is 0 Å². The molecule has 7 nitrogen and oxygen atoms in total. The molecule has 0 radical (unpaired) electrons. The van der Waals surface area contributed by atoms with Gasteiger partial charge in [0.15, 0.2) is 0 Å². The van der Waals surface area contributed by atoms with Crippen LogP contribution in [-0.2, 0) is 4.79 Å². The number of carbonyl (C=O) groups is 1. The molecule has 1 amide bonds. The molecule has 23 heavy (non-hydrogen) atoms. The lowest BCUT2D eigenvalue weighted by molar-refractivity contribution is -0.398. The first-order chi connectivity index (χ1) is 10.9. The zero-order chi connectivity index (χ0) is 17.0. The van der Waals surface area contributed by atoms with Gasteiger partial charge in [-0.15, -0.1) is 0 Å². The van der Waals surface area contributed by atoms with Crippen LogP contribution in [0.3, 0.4) is 0 Å². The van der Waals surface area contributed by atoms with Crippen molar-refractivity contribution in [1.82, 2.24) is 0 Å². The molecule has 0 aromatic heterocycles. The molecule has 0 heterocycles. The lowest BCUT2D eigenvalue weighted by Gasteiger charge is -2.11. The van der Waals surface area contributed by atoms with Crippen molar-refractivity contribution in [3.8, 4) is 5.75 Å². The van der Waals surface area contributed by atoms with Gasteiger partial charge in [-0.25, -0.2) is 0 Å². The number of rotatable bonds is 4. The molecule has 0 atom stereocenters. The first kappa shape index (κ1) is 16.2. The van der Waals surface area contributed by atoms with Crippen LogP contribution >= 0.6 is 0 Å². The average Bonchev–Trinajstić information content (AvgIpc) is 2.48. The van der Waals surface area contributed by atoms with E-state index in [-0.39, 0.29) is 11.5 Å². The smallest absolute Gasteiger partial charge is 0.262 e. The van der Waals surface area contributed by atoms with Gasteiger partial charge in [0.1, 0.15) is 0 Å². The van der Waals surface area contributed by atoms with Gasteiger partial charge >= 0.3 is 0 Å². The second-order valence-electron chi connectivity index (χ2n) is 4.95. The number of aryl methyl sites for hydroxylation is 1. The van der Waals surface area contributed by atoms with Crippen LogP contribution in [0.1, 0.15) is 18.1 Å². The van der Waals surface area contributed by atoms with E-state index in [1.54, 1.807) is 37.3 Å². The van der Waals surface area contributed by atoms with Crippen LogP contribution in [0.5, 0.6) is 5.75 Å². The summed E-state index contributed by atoms with van der Waals surface area (Å²) in [5.41, 5.74) is 1.49. The summed E-state index contributed by atoms with van der Waals surface area (Å²) >= 11 is 0. The summed E-state index contributed by atoms with van der Waals surface area (Å²) in [7, 11) is 0. The van der Waals surface area contributed by atoms with E-state index in [9.17, 15) is 20.0 Å². The number of nitro groups is 1. The van der Waals surface area contributed by atoms with Crippen molar-refractivity contribution in [3.05, 3.63) is 57.6 Å². The Morgan fingerprint density at radius 1 is 1.26 bits per heavy atom. The third-order valence-electron chi connectivity index (χ3n) is 2.98. The van der Waals surface area contributed by atoms with Gasteiger partial charge in [0.25, 0.3) is 5.69 Å². The molecule has 7 heteroatoms. The topological polar surface area (TPSA) is 108 Å². The molecule has 0 unspecified atom stereocenters. The molecule has 2 rings (SSSR count). The summed E-state index contributed by atoms with van der Waals surface area (Å²) in [4.78, 5) is 25.2. The van der Waals surface area contributed by atoms with Crippen LogP contribution in [0.15, 0.2) is 41.4 Å². The van der Waals surface area contributed by atoms with Gasteiger partial charge in [0, 0.05) is 24.9 Å². The predicted octanol–water partition coefficient (Wildman–Crippen LogP) is 2.69. The molecule has 2 aromatic carbocycles. The molecule has 2 aromatic rings. The molecular weight excluding hydrogens is 298 g/mol. The van der Waals surface area contributed by atoms with Gasteiger partial charge in [-0.3, -0.25) is 19.9 Å². The fourth-order valence-electron chi connectivity index (χ4n) is 1.99. The number of carbonyl (C=O) groups excluding carboxylic acids is 1. The Labute approximate surface area is 132 Å². The highest BCUT2D eigenvalue weighted by Gasteiger charge is 2.10. The van der Waals surface area contributed by atoms with E-state index >= 15 is 0 Å². The van der Waals surface area contributed by atoms with E-state index < -0.39 is 16.4 Å². The number of nitro benzene ring substituents is 1. The van der Waals surface area contributed by atoms with Crippen LogP contribution in [0.2, 0.25) is 0 Å². The van der Waals surface area contributed by atoms with Gasteiger partial charge < -0.3 is 10.4 Å². The number of anilines is 1. The molecule has 0 saturated heterocycles. The quantitative estimate of drug-likeness (QED) is 0.532. The van der Waals surface area contributed by atoms with Crippen molar-refractivity contribution in [2.45, 2.75) is 13.8 Å². The number of hydrogen-bond acceptors (Lipinski definition) is 5. The third kappa shape index (κ3) is 4.13. The summed E-state index contributed by atoms with van der Waals surface area (Å²) in [6.45, 7) is 3.08. The Morgan fingerprint density at radius 2 is 1.91 bits per heavy atom. The first-order valence-corrected chi connectivity index (χ1v) is 6.74. The molecule has 0 bridgehead atoms.